The lowest BCUT2D eigenvalue weighted by atomic mass is 9.96. The highest BCUT2D eigenvalue weighted by atomic mass is 16.5. The fourth-order valence-electron chi connectivity index (χ4n) is 4.41. The molecule has 2 heterocycles. The van der Waals surface area contributed by atoms with Crippen LogP contribution in [0.15, 0.2) is 29.3 Å². The summed E-state index contributed by atoms with van der Waals surface area (Å²) >= 11 is 0. The molecule has 0 spiro atoms. The first-order valence-corrected chi connectivity index (χ1v) is 11.2. The van der Waals surface area contributed by atoms with Crippen molar-refractivity contribution in [1.82, 2.24) is 15.1 Å². The summed E-state index contributed by atoms with van der Waals surface area (Å²) < 4.78 is 6.04. The summed E-state index contributed by atoms with van der Waals surface area (Å²) in [7, 11) is 1.85. The summed E-state index contributed by atoms with van der Waals surface area (Å²) in [6.45, 7) is 8.49. The van der Waals surface area contributed by atoms with E-state index in [1.165, 1.54) is 11.1 Å². The average molecular weight is 416 g/mol. The van der Waals surface area contributed by atoms with E-state index in [4.69, 9.17) is 10.5 Å². The number of nitrogens with zero attached hydrogens (tertiary/aromatic N) is 3. The molecule has 2 fully saturated rings. The first-order valence-electron chi connectivity index (χ1n) is 11.2. The van der Waals surface area contributed by atoms with Crippen molar-refractivity contribution in [3.63, 3.8) is 0 Å². The molecule has 3 N–H and O–H groups in total. The quantitative estimate of drug-likeness (QED) is 0.404. The minimum absolute atomic E-state index is 0.0725. The van der Waals surface area contributed by atoms with Crippen molar-refractivity contribution >= 4 is 11.9 Å². The number of benzene rings is 1. The van der Waals surface area contributed by atoms with Gasteiger partial charge in [-0.05, 0) is 63.4 Å². The third-order valence-corrected chi connectivity index (χ3v) is 6.29. The first-order chi connectivity index (χ1) is 14.6. The maximum absolute atomic E-state index is 11.3. The molecule has 1 aromatic carbocycles. The van der Waals surface area contributed by atoms with Crippen LogP contribution in [0.1, 0.15) is 42.9 Å². The Hall–Kier alpha value is -2.12. The Morgan fingerprint density at radius 1 is 1.23 bits per heavy atom. The van der Waals surface area contributed by atoms with Gasteiger partial charge in [-0.3, -0.25) is 9.79 Å². The number of likely N-dealkylation sites (tertiary alicyclic amines) is 1. The molecule has 7 heteroatoms. The molecule has 3 rings (SSSR count). The summed E-state index contributed by atoms with van der Waals surface area (Å²) in [6.07, 6.45) is 4.13. The van der Waals surface area contributed by atoms with Crippen LogP contribution in [0, 0.1) is 12.8 Å². The van der Waals surface area contributed by atoms with Crippen molar-refractivity contribution in [3.8, 4) is 0 Å². The van der Waals surface area contributed by atoms with Crippen LogP contribution in [0.25, 0.3) is 0 Å². The number of hydrogen-bond acceptors (Lipinski definition) is 4. The van der Waals surface area contributed by atoms with E-state index >= 15 is 0 Å². The molecule has 1 aromatic rings. The highest BCUT2D eigenvalue weighted by molar-refractivity contribution is 5.80. The smallest absolute Gasteiger partial charge is 0.220 e. The Labute approximate surface area is 180 Å². The summed E-state index contributed by atoms with van der Waals surface area (Å²) in [5.74, 6) is 0.889. The molecule has 0 saturated carbocycles. The van der Waals surface area contributed by atoms with Crippen molar-refractivity contribution in [2.24, 2.45) is 16.6 Å². The van der Waals surface area contributed by atoms with Crippen LogP contribution in [-0.2, 0) is 9.53 Å². The van der Waals surface area contributed by atoms with Crippen LogP contribution in [0.2, 0.25) is 0 Å². The number of aryl methyl sites for hydroxylation is 1. The van der Waals surface area contributed by atoms with Gasteiger partial charge >= 0.3 is 0 Å². The first kappa shape index (κ1) is 22.6. The number of amides is 1. The van der Waals surface area contributed by atoms with Gasteiger partial charge in [-0.15, -0.1) is 0 Å². The van der Waals surface area contributed by atoms with Crippen molar-refractivity contribution in [2.45, 2.75) is 38.7 Å². The van der Waals surface area contributed by atoms with Crippen LogP contribution in [0.5, 0.6) is 0 Å². The summed E-state index contributed by atoms with van der Waals surface area (Å²) in [5.41, 5.74) is 7.95. The molecule has 7 nitrogen and oxygen atoms in total. The second-order valence-corrected chi connectivity index (χ2v) is 8.36. The van der Waals surface area contributed by atoms with E-state index in [9.17, 15) is 4.79 Å². The topological polar surface area (TPSA) is 83.2 Å². The Morgan fingerprint density at radius 3 is 2.70 bits per heavy atom. The molecule has 0 bridgehead atoms. The molecular weight excluding hydrogens is 378 g/mol. The Balaban J connectivity index is 1.37. The van der Waals surface area contributed by atoms with Gasteiger partial charge in [-0.1, -0.05) is 24.3 Å². The normalized spacial score (nSPS) is 21.6. The van der Waals surface area contributed by atoms with Crippen molar-refractivity contribution < 1.29 is 9.53 Å². The number of carbonyl (C=O) groups is 1. The van der Waals surface area contributed by atoms with Crippen LogP contribution in [0.4, 0.5) is 0 Å². The second-order valence-electron chi connectivity index (χ2n) is 8.36. The van der Waals surface area contributed by atoms with E-state index in [2.05, 4.69) is 51.3 Å². The number of hydrogen-bond donors (Lipinski definition) is 2. The number of rotatable bonds is 7. The van der Waals surface area contributed by atoms with E-state index in [1.54, 1.807) is 0 Å². The summed E-state index contributed by atoms with van der Waals surface area (Å²) in [5, 5.41) is 3.53. The van der Waals surface area contributed by atoms with Gasteiger partial charge in [0.05, 0.1) is 13.2 Å². The molecule has 30 heavy (non-hydrogen) atoms. The molecular formula is C23H37N5O2. The van der Waals surface area contributed by atoms with Gasteiger partial charge in [0.25, 0.3) is 0 Å². The molecule has 166 valence electrons. The fourth-order valence-corrected chi connectivity index (χ4v) is 4.41. The Kier molecular flexibility index (Phi) is 8.51. The Bertz CT molecular complexity index is 715. The number of nitrogens with one attached hydrogen (secondary N) is 1. The average Bonchev–Trinajstić information content (AvgIpc) is 2.77. The molecule has 2 aliphatic heterocycles. The highest BCUT2D eigenvalue weighted by Crippen LogP contribution is 2.25. The second kappa shape index (κ2) is 11.3. The SMILES string of the molecule is CN=C(NCCCCN1CCC(C(N)=O)CC1)N1CCOC(c2ccccc2C)C1. The lowest BCUT2D eigenvalue weighted by Gasteiger charge is -2.35. The van der Waals surface area contributed by atoms with Crippen molar-refractivity contribution in [2.75, 3.05) is 52.9 Å². The van der Waals surface area contributed by atoms with Gasteiger partial charge in [0.2, 0.25) is 5.91 Å². The molecule has 2 saturated heterocycles. The fraction of sp³-hybridized carbons (Fsp3) is 0.652. The number of nitrogens with two attached hydrogens (primary N) is 1. The van der Waals surface area contributed by atoms with Gasteiger partial charge in [0.1, 0.15) is 6.10 Å². The van der Waals surface area contributed by atoms with Crippen LogP contribution >= 0.6 is 0 Å². The largest absolute Gasteiger partial charge is 0.370 e. The van der Waals surface area contributed by atoms with Gasteiger partial charge in [0.15, 0.2) is 5.96 Å². The van der Waals surface area contributed by atoms with E-state index in [0.717, 1.165) is 70.9 Å². The number of primary amides is 1. The maximum Gasteiger partial charge on any atom is 0.220 e. The van der Waals surface area contributed by atoms with E-state index in [1.807, 2.05) is 7.05 Å². The van der Waals surface area contributed by atoms with Crippen molar-refractivity contribution in [3.05, 3.63) is 35.4 Å². The highest BCUT2D eigenvalue weighted by Gasteiger charge is 2.25. The standard InChI is InChI=1S/C23H37N5O2/c1-18-7-3-4-8-20(18)21-17-28(15-16-30-21)23(25-2)26-11-5-6-12-27-13-9-19(10-14-27)22(24)29/h3-4,7-8,19,21H,5-6,9-17H2,1-2H3,(H2,24,29)(H,25,26). The Morgan fingerprint density at radius 2 is 2.00 bits per heavy atom. The number of ether oxygens (including phenoxy) is 1. The number of aliphatic imine (C=N–C) groups is 1. The van der Waals surface area contributed by atoms with Crippen LogP contribution in [0.3, 0.4) is 0 Å². The van der Waals surface area contributed by atoms with E-state index in [-0.39, 0.29) is 17.9 Å². The van der Waals surface area contributed by atoms with Crippen molar-refractivity contribution in [1.29, 1.82) is 0 Å². The predicted molar refractivity (Wildman–Crippen MR) is 120 cm³/mol. The number of piperidine rings is 1. The van der Waals surface area contributed by atoms with Gasteiger partial charge in [0, 0.05) is 26.1 Å². The minimum atomic E-state index is -0.141. The minimum Gasteiger partial charge on any atom is -0.370 e. The zero-order chi connectivity index (χ0) is 21.3. The molecule has 1 atom stereocenters. The lowest BCUT2D eigenvalue weighted by molar-refractivity contribution is -0.123. The van der Waals surface area contributed by atoms with Crippen LogP contribution in [-0.4, -0.2) is 74.6 Å². The lowest BCUT2D eigenvalue weighted by Crippen LogP contribution is -2.48. The number of morpholine rings is 1. The zero-order valence-electron chi connectivity index (χ0n) is 18.5. The van der Waals surface area contributed by atoms with Gasteiger partial charge in [-0.2, -0.15) is 0 Å². The van der Waals surface area contributed by atoms with E-state index < -0.39 is 0 Å². The monoisotopic (exact) mass is 415 g/mol. The molecule has 0 aliphatic carbocycles. The molecule has 0 radical (unpaired) electrons. The number of unbranched alkanes of at least 4 members (excludes halogenated alkanes) is 1. The van der Waals surface area contributed by atoms with E-state index in [0.29, 0.717) is 6.61 Å². The maximum atomic E-state index is 11.3. The molecule has 1 unspecified atom stereocenters. The number of guanidine groups is 1. The summed E-state index contributed by atoms with van der Waals surface area (Å²) in [6, 6.07) is 8.45. The molecule has 0 aromatic heterocycles. The van der Waals surface area contributed by atoms with Crippen LogP contribution < -0.4 is 11.1 Å². The number of carbonyl (C=O) groups excluding carboxylic acids is 1. The van der Waals surface area contributed by atoms with Gasteiger partial charge < -0.3 is 25.6 Å². The third kappa shape index (κ3) is 6.19. The predicted octanol–water partition coefficient (Wildman–Crippen LogP) is 1.92. The van der Waals surface area contributed by atoms with Gasteiger partial charge in [-0.25, -0.2) is 0 Å². The third-order valence-electron chi connectivity index (χ3n) is 6.29. The molecule has 2 aliphatic rings. The summed E-state index contributed by atoms with van der Waals surface area (Å²) in [4.78, 5) is 20.5. The zero-order valence-corrected chi connectivity index (χ0v) is 18.5. The molecule has 1 amide bonds.